The summed E-state index contributed by atoms with van der Waals surface area (Å²) in [6.07, 6.45) is 8.02. The van der Waals surface area contributed by atoms with Crippen LogP contribution >= 0.6 is 27.7 Å². The number of carbonyl (C=O) groups is 3. The Bertz CT molecular complexity index is 711. The highest BCUT2D eigenvalue weighted by atomic mass is 79.9. The highest BCUT2D eigenvalue weighted by molar-refractivity contribution is 9.09. The van der Waals surface area contributed by atoms with Gasteiger partial charge in [0, 0.05) is 36.3 Å². The molecular weight excluding hydrogens is 506 g/mol. The van der Waals surface area contributed by atoms with Gasteiger partial charge in [0.2, 0.25) is 17.7 Å². The Kier molecular flexibility index (Phi) is 9.95. The number of rotatable bonds is 14. The summed E-state index contributed by atoms with van der Waals surface area (Å²) in [5.74, 6) is -0.994. The average molecular weight is 547 g/mol. The van der Waals surface area contributed by atoms with E-state index in [4.69, 9.17) is 5.11 Å². The van der Waals surface area contributed by atoms with E-state index in [2.05, 4.69) is 33.5 Å². The van der Waals surface area contributed by atoms with Crippen LogP contribution in [0.4, 0.5) is 0 Å². The van der Waals surface area contributed by atoms with Gasteiger partial charge in [-0.2, -0.15) is 0 Å². The maximum Gasteiger partial charge on any atom is 0.244 e. The van der Waals surface area contributed by atoms with Gasteiger partial charge in [0.1, 0.15) is 6.04 Å². The smallest absolute Gasteiger partial charge is 0.244 e. The van der Waals surface area contributed by atoms with Crippen LogP contribution in [0.1, 0.15) is 71.6 Å². The number of likely N-dealkylation sites (tertiary alicyclic amines) is 1. The molecule has 3 fully saturated rings. The second kappa shape index (κ2) is 12.2. The molecule has 7 nitrogen and oxygen atoms in total. The van der Waals surface area contributed by atoms with Crippen LogP contribution in [0.25, 0.3) is 0 Å². The fourth-order valence-corrected chi connectivity index (χ4v) is 9.38. The topological polar surface area (TPSA) is 98.7 Å². The number of fused-ring (bicyclic) bond motifs is 1. The molecule has 3 unspecified atom stereocenters. The third-order valence-electron chi connectivity index (χ3n) is 7.28. The monoisotopic (exact) mass is 545 g/mol. The third kappa shape index (κ3) is 5.40. The fraction of sp³-hybridized carbons (Fsp3) is 0.875. The summed E-state index contributed by atoms with van der Waals surface area (Å²) in [6, 6.07) is -0.534. The average Bonchev–Trinajstić information content (AvgIpc) is 3.38. The predicted octanol–water partition coefficient (Wildman–Crippen LogP) is 2.84. The second-order valence-electron chi connectivity index (χ2n) is 9.62. The number of hydrogen-bond donors (Lipinski definition) is 3. The zero-order valence-electron chi connectivity index (χ0n) is 20.0. The molecule has 2 bridgehead atoms. The first-order chi connectivity index (χ1) is 15.9. The summed E-state index contributed by atoms with van der Waals surface area (Å²) in [5.41, 5.74) is 0. The maximum absolute atomic E-state index is 13.8. The normalized spacial score (nSPS) is 32.3. The quantitative estimate of drug-likeness (QED) is 0.230. The van der Waals surface area contributed by atoms with E-state index in [1.54, 1.807) is 16.7 Å². The molecule has 3 aliphatic heterocycles. The first-order valence-corrected chi connectivity index (χ1v) is 14.5. The van der Waals surface area contributed by atoms with Crippen LogP contribution in [-0.2, 0) is 14.4 Å². The van der Waals surface area contributed by atoms with Crippen LogP contribution in [-0.4, -0.2) is 74.8 Å². The van der Waals surface area contributed by atoms with E-state index < -0.39 is 22.6 Å². The van der Waals surface area contributed by atoms with Gasteiger partial charge < -0.3 is 20.6 Å². The molecule has 188 valence electrons. The van der Waals surface area contributed by atoms with Gasteiger partial charge in [-0.05, 0) is 32.1 Å². The zero-order chi connectivity index (χ0) is 24.0. The molecular formula is C24H40BrN3O4S. The summed E-state index contributed by atoms with van der Waals surface area (Å²) in [7, 11) is 0. The Morgan fingerprint density at radius 2 is 1.79 bits per heavy atom. The van der Waals surface area contributed by atoms with Crippen molar-refractivity contribution >= 4 is 45.4 Å². The summed E-state index contributed by atoms with van der Waals surface area (Å²) in [4.78, 5) is 42.3. The van der Waals surface area contributed by atoms with Crippen LogP contribution in [0.3, 0.4) is 0 Å². The SMILES string of the molecule is CCCCCNC(=O)C1N(CCCCCCO)C(=O)[C@@H]2[C@@H](C(=O)NCCC)[C@@H]3SC12CC3Br. The molecule has 1 spiro atoms. The Hall–Kier alpha value is -0.800. The molecule has 9 heteroatoms. The van der Waals surface area contributed by atoms with Crippen LogP contribution < -0.4 is 10.6 Å². The van der Waals surface area contributed by atoms with Crippen molar-refractivity contribution in [1.82, 2.24) is 15.5 Å². The Balaban J connectivity index is 1.83. The number of aliphatic hydroxyl groups is 1. The lowest BCUT2D eigenvalue weighted by atomic mass is 9.70. The van der Waals surface area contributed by atoms with E-state index in [0.29, 0.717) is 19.6 Å². The van der Waals surface area contributed by atoms with Crippen LogP contribution in [0.5, 0.6) is 0 Å². The summed E-state index contributed by atoms with van der Waals surface area (Å²) >= 11 is 5.49. The zero-order valence-corrected chi connectivity index (χ0v) is 22.4. The molecule has 3 heterocycles. The Morgan fingerprint density at radius 3 is 2.48 bits per heavy atom. The number of alkyl halides is 1. The van der Waals surface area contributed by atoms with Gasteiger partial charge in [0.05, 0.1) is 16.6 Å². The predicted molar refractivity (Wildman–Crippen MR) is 135 cm³/mol. The van der Waals surface area contributed by atoms with E-state index in [9.17, 15) is 14.4 Å². The number of halogens is 1. The molecule has 6 atom stereocenters. The van der Waals surface area contributed by atoms with E-state index in [0.717, 1.165) is 57.8 Å². The molecule has 33 heavy (non-hydrogen) atoms. The van der Waals surface area contributed by atoms with Crippen molar-refractivity contribution in [3.63, 3.8) is 0 Å². The van der Waals surface area contributed by atoms with Gasteiger partial charge in [-0.3, -0.25) is 14.4 Å². The molecule has 0 aromatic heterocycles. The van der Waals surface area contributed by atoms with Crippen LogP contribution in [0.15, 0.2) is 0 Å². The number of unbranched alkanes of at least 4 members (excludes halogenated alkanes) is 5. The number of nitrogens with one attached hydrogen (secondary N) is 2. The van der Waals surface area contributed by atoms with Crippen molar-refractivity contribution in [2.75, 3.05) is 26.2 Å². The summed E-state index contributed by atoms with van der Waals surface area (Å²) < 4.78 is -0.552. The first-order valence-electron chi connectivity index (χ1n) is 12.7. The summed E-state index contributed by atoms with van der Waals surface area (Å²) in [6.45, 7) is 6.07. The third-order valence-corrected chi connectivity index (χ3v) is 10.5. The molecule has 3 amide bonds. The minimum atomic E-state index is -0.552. The molecule has 0 aromatic rings. The van der Waals surface area contributed by atoms with Gasteiger partial charge >= 0.3 is 0 Å². The first kappa shape index (κ1) is 26.8. The van der Waals surface area contributed by atoms with Gasteiger partial charge in [0.25, 0.3) is 0 Å². The minimum Gasteiger partial charge on any atom is -0.396 e. The maximum atomic E-state index is 13.8. The van der Waals surface area contributed by atoms with Gasteiger partial charge in [-0.25, -0.2) is 0 Å². The summed E-state index contributed by atoms with van der Waals surface area (Å²) in [5, 5.41) is 15.2. The van der Waals surface area contributed by atoms with Crippen LogP contribution in [0.2, 0.25) is 0 Å². The molecule has 3 N–H and O–H groups in total. The van der Waals surface area contributed by atoms with E-state index in [1.165, 1.54) is 0 Å². The van der Waals surface area contributed by atoms with Crippen LogP contribution in [0, 0.1) is 11.8 Å². The lowest BCUT2D eigenvalue weighted by Gasteiger charge is -2.35. The van der Waals surface area contributed by atoms with Crippen molar-refractivity contribution in [2.45, 2.75) is 92.5 Å². The van der Waals surface area contributed by atoms with Crippen molar-refractivity contribution < 1.29 is 19.5 Å². The molecule has 0 saturated carbocycles. The van der Waals surface area contributed by atoms with Gasteiger partial charge in [-0.15, -0.1) is 11.8 Å². The van der Waals surface area contributed by atoms with E-state index in [1.807, 2.05) is 6.92 Å². The van der Waals surface area contributed by atoms with E-state index >= 15 is 0 Å². The second-order valence-corrected chi connectivity index (χ2v) is 12.3. The number of nitrogens with zero attached hydrogens (tertiary/aromatic N) is 1. The standard InChI is InChI=1S/C24H40BrN3O4S/c1-3-5-8-12-27-22(31)20-24-15-16(25)19(33-24)17(21(30)26-11-4-2)18(24)23(32)28(20)13-9-6-7-10-14-29/h16-20,29H,3-15H2,1-2H3,(H,26,30)(H,27,31)/t16?,17-,18+,19-,20?,24?/m1/s1. The lowest BCUT2D eigenvalue weighted by molar-refractivity contribution is -0.140. The highest BCUT2D eigenvalue weighted by Gasteiger charge is 2.75. The van der Waals surface area contributed by atoms with Gasteiger partial charge in [-0.1, -0.05) is 55.5 Å². The van der Waals surface area contributed by atoms with Crippen molar-refractivity contribution in [2.24, 2.45) is 11.8 Å². The molecule has 0 radical (unpaired) electrons. The van der Waals surface area contributed by atoms with Crippen molar-refractivity contribution in [1.29, 1.82) is 0 Å². The largest absolute Gasteiger partial charge is 0.396 e. The molecule has 0 aromatic carbocycles. The molecule has 3 saturated heterocycles. The lowest BCUT2D eigenvalue weighted by Crippen LogP contribution is -2.55. The molecule has 0 aliphatic carbocycles. The Labute approximate surface area is 210 Å². The van der Waals surface area contributed by atoms with Crippen molar-refractivity contribution in [3.8, 4) is 0 Å². The van der Waals surface area contributed by atoms with Gasteiger partial charge in [0.15, 0.2) is 0 Å². The highest BCUT2D eigenvalue weighted by Crippen LogP contribution is 2.67. The molecule has 3 rings (SSSR count). The molecule has 3 aliphatic rings. The number of thioether (sulfide) groups is 1. The Morgan fingerprint density at radius 1 is 1.06 bits per heavy atom. The number of hydrogen-bond acceptors (Lipinski definition) is 5. The minimum absolute atomic E-state index is 0.0119. The number of amides is 3. The fourth-order valence-electron chi connectivity index (χ4n) is 5.77. The van der Waals surface area contributed by atoms with Crippen molar-refractivity contribution in [3.05, 3.63) is 0 Å². The van der Waals surface area contributed by atoms with E-state index in [-0.39, 0.29) is 34.4 Å². The number of aliphatic hydroxyl groups excluding tert-OH is 1. The number of carbonyl (C=O) groups excluding carboxylic acids is 3.